The van der Waals surface area contributed by atoms with Gasteiger partial charge in [-0.1, -0.05) is 36.4 Å². The molecule has 1 aliphatic rings. The zero-order chi connectivity index (χ0) is 16.1. The van der Waals surface area contributed by atoms with Crippen LogP contribution >= 0.6 is 0 Å². The number of nitrogens with one attached hydrogen (secondary N) is 1. The van der Waals surface area contributed by atoms with Crippen molar-refractivity contribution >= 4 is 6.09 Å². The number of hydrogen-bond donors (Lipinski definition) is 2. The number of carboxylic acid groups (broad SMARTS) is 1. The topological polar surface area (TPSA) is 65.5 Å². The van der Waals surface area contributed by atoms with Crippen LogP contribution < -0.4 is 5.32 Å². The van der Waals surface area contributed by atoms with Gasteiger partial charge in [-0.15, -0.1) is 0 Å². The van der Waals surface area contributed by atoms with E-state index in [1.807, 2.05) is 48.5 Å². The van der Waals surface area contributed by atoms with Gasteiger partial charge in [0.05, 0.1) is 11.7 Å². The molecule has 0 spiro atoms. The van der Waals surface area contributed by atoms with E-state index in [2.05, 4.69) is 10.3 Å². The van der Waals surface area contributed by atoms with Crippen LogP contribution in [-0.4, -0.2) is 33.7 Å². The summed E-state index contributed by atoms with van der Waals surface area (Å²) in [7, 11) is 0. The molecule has 3 rings (SSSR count). The van der Waals surface area contributed by atoms with E-state index in [9.17, 15) is 9.90 Å². The molecule has 0 radical (unpaired) electrons. The van der Waals surface area contributed by atoms with Gasteiger partial charge in [0.1, 0.15) is 0 Å². The van der Waals surface area contributed by atoms with E-state index in [1.165, 1.54) is 0 Å². The maximum absolute atomic E-state index is 11.5. The maximum Gasteiger partial charge on any atom is 0.407 e. The molecule has 2 N–H and O–H groups in total. The molecule has 0 bridgehead atoms. The van der Waals surface area contributed by atoms with Crippen molar-refractivity contribution in [1.29, 1.82) is 0 Å². The average Bonchev–Trinajstić information content (AvgIpc) is 2.61. The Labute approximate surface area is 136 Å². The van der Waals surface area contributed by atoms with Crippen molar-refractivity contribution in [2.24, 2.45) is 0 Å². The van der Waals surface area contributed by atoms with Gasteiger partial charge in [0, 0.05) is 25.3 Å². The van der Waals surface area contributed by atoms with Crippen molar-refractivity contribution in [1.82, 2.24) is 15.2 Å². The normalized spacial score (nSPS) is 21.1. The van der Waals surface area contributed by atoms with Gasteiger partial charge >= 0.3 is 6.09 Å². The van der Waals surface area contributed by atoms with Gasteiger partial charge in [-0.3, -0.25) is 4.98 Å². The molecule has 1 aromatic heterocycles. The van der Waals surface area contributed by atoms with Crippen LogP contribution in [0.1, 0.15) is 30.1 Å². The highest BCUT2D eigenvalue weighted by Crippen LogP contribution is 2.31. The predicted octanol–water partition coefficient (Wildman–Crippen LogP) is 3.05. The molecular weight excluding hydrogens is 290 g/mol. The first-order valence-electron chi connectivity index (χ1n) is 7.92. The van der Waals surface area contributed by atoms with Crippen molar-refractivity contribution in [3.8, 4) is 0 Å². The van der Waals surface area contributed by atoms with Crippen molar-refractivity contribution in [3.05, 3.63) is 66.0 Å². The molecule has 2 atom stereocenters. The van der Waals surface area contributed by atoms with E-state index in [-0.39, 0.29) is 12.1 Å². The first-order valence-corrected chi connectivity index (χ1v) is 7.92. The number of pyridine rings is 1. The molecule has 5 nitrogen and oxygen atoms in total. The van der Waals surface area contributed by atoms with Crippen LogP contribution in [0.2, 0.25) is 0 Å². The molecule has 23 heavy (non-hydrogen) atoms. The standard InChI is InChI=1S/C18H21N3O2/c22-18(23)21-11-9-15(20-13-16-8-4-5-10-19-16)12-17(21)14-6-2-1-3-7-14/h1-8,10,15,17,20H,9,11-13H2,(H,22,23)/t15?,17-/m0/s1. The highest BCUT2D eigenvalue weighted by Gasteiger charge is 2.32. The second-order valence-corrected chi connectivity index (χ2v) is 5.83. The molecule has 0 aliphatic carbocycles. The summed E-state index contributed by atoms with van der Waals surface area (Å²) in [5, 5.41) is 13.0. The van der Waals surface area contributed by atoms with Gasteiger partial charge in [-0.25, -0.2) is 4.79 Å². The monoisotopic (exact) mass is 311 g/mol. The third kappa shape index (κ3) is 3.87. The molecule has 1 unspecified atom stereocenters. The second kappa shape index (κ2) is 7.24. The molecular formula is C18H21N3O2. The fourth-order valence-corrected chi connectivity index (χ4v) is 3.12. The fourth-order valence-electron chi connectivity index (χ4n) is 3.12. The smallest absolute Gasteiger partial charge is 0.407 e. The highest BCUT2D eigenvalue weighted by molar-refractivity contribution is 5.66. The van der Waals surface area contributed by atoms with Crippen LogP contribution in [0, 0.1) is 0 Å². The Balaban J connectivity index is 1.67. The molecule has 1 aromatic carbocycles. The summed E-state index contributed by atoms with van der Waals surface area (Å²) in [5.41, 5.74) is 2.06. The quantitative estimate of drug-likeness (QED) is 0.911. The summed E-state index contributed by atoms with van der Waals surface area (Å²) in [4.78, 5) is 17.4. The Morgan fingerprint density at radius 2 is 2.00 bits per heavy atom. The first-order chi connectivity index (χ1) is 11.2. The van der Waals surface area contributed by atoms with Crippen LogP contribution in [0.4, 0.5) is 4.79 Å². The minimum atomic E-state index is -0.845. The van der Waals surface area contributed by atoms with Crippen molar-refractivity contribution < 1.29 is 9.90 Å². The largest absolute Gasteiger partial charge is 0.465 e. The Morgan fingerprint density at radius 3 is 2.70 bits per heavy atom. The van der Waals surface area contributed by atoms with Crippen molar-refractivity contribution in [3.63, 3.8) is 0 Å². The molecule has 1 fully saturated rings. The fraction of sp³-hybridized carbons (Fsp3) is 0.333. The Bertz CT molecular complexity index is 633. The lowest BCUT2D eigenvalue weighted by molar-refractivity contribution is 0.0960. The third-order valence-corrected chi connectivity index (χ3v) is 4.33. The minimum Gasteiger partial charge on any atom is -0.465 e. The van der Waals surface area contributed by atoms with Crippen LogP contribution in [0.5, 0.6) is 0 Å². The van der Waals surface area contributed by atoms with Gasteiger partial charge < -0.3 is 15.3 Å². The second-order valence-electron chi connectivity index (χ2n) is 5.83. The van der Waals surface area contributed by atoms with Gasteiger partial charge in [0.2, 0.25) is 0 Å². The number of carbonyl (C=O) groups is 1. The van der Waals surface area contributed by atoms with Crippen LogP contribution in [0.15, 0.2) is 54.7 Å². The molecule has 0 saturated carbocycles. The van der Waals surface area contributed by atoms with Crippen LogP contribution in [0.3, 0.4) is 0 Å². The number of rotatable bonds is 4. The van der Waals surface area contributed by atoms with E-state index >= 15 is 0 Å². The van der Waals surface area contributed by atoms with Gasteiger partial charge in [-0.2, -0.15) is 0 Å². The predicted molar refractivity (Wildman–Crippen MR) is 88.0 cm³/mol. The Hall–Kier alpha value is -2.40. The number of amides is 1. The van der Waals surface area contributed by atoms with Crippen LogP contribution in [0.25, 0.3) is 0 Å². The number of aromatic nitrogens is 1. The lowest BCUT2D eigenvalue weighted by Crippen LogP contribution is -2.46. The number of hydrogen-bond acceptors (Lipinski definition) is 3. The SMILES string of the molecule is O=C(O)N1CCC(NCc2ccccn2)C[C@H]1c1ccccc1. The van der Waals surface area contributed by atoms with Gasteiger partial charge in [0.15, 0.2) is 0 Å². The summed E-state index contributed by atoms with van der Waals surface area (Å²) in [6.45, 7) is 1.26. The summed E-state index contributed by atoms with van der Waals surface area (Å²) < 4.78 is 0. The summed E-state index contributed by atoms with van der Waals surface area (Å²) in [6.07, 6.45) is 2.55. The van der Waals surface area contributed by atoms with E-state index in [0.29, 0.717) is 13.1 Å². The third-order valence-electron chi connectivity index (χ3n) is 4.33. The average molecular weight is 311 g/mol. The summed E-state index contributed by atoms with van der Waals surface area (Å²) >= 11 is 0. The molecule has 2 heterocycles. The van der Waals surface area contributed by atoms with Crippen molar-refractivity contribution in [2.45, 2.75) is 31.5 Å². The molecule has 120 valence electrons. The minimum absolute atomic E-state index is 0.0938. The molecule has 1 saturated heterocycles. The van der Waals surface area contributed by atoms with Crippen molar-refractivity contribution in [2.75, 3.05) is 6.54 Å². The van der Waals surface area contributed by atoms with Crippen LogP contribution in [-0.2, 0) is 6.54 Å². The first kappa shape index (κ1) is 15.5. The highest BCUT2D eigenvalue weighted by atomic mass is 16.4. The van der Waals surface area contributed by atoms with E-state index < -0.39 is 6.09 Å². The Kier molecular flexibility index (Phi) is 4.88. The van der Waals surface area contributed by atoms with Gasteiger partial charge in [-0.05, 0) is 30.5 Å². The number of nitrogens with zero attached hydrogens (tertiary/aromatic N) is 2. The zero-order valence-electron chi connectivity index (χ0n) is 12.9. The summed E-state index contributed by atoms with van der Waals surface area (Å²) in [5.74, 6) is 0. The van der Waals surface area contributed by atoms with E-state index in [0.717, 1.165) is 24.1 Å². The molecule has 2 aromatic rings. The maximum atomic E-state index is 11.5. The lowest BCUT2D eigenvalue weighted by atomic mass is 9.92. The zero-order valence-corrected chi connectivity index (χ0v) is 12.9. The Morgan fingerprint density at radius 1 is 1.22 bits per heavy atom. The van der Waals surface area contributed by atoms with Gasteiger partial charge in [0.25, 0.3) is 0 Å². The molecule has 1 aliphatic heterocycles. The molecule has 5 heteroatoms. The molecule has 1 amide bonds. The number of benzene rings is 1. The number of piperidine rings is 1. The van der Waals surface area contributed by atoms with E-state index in [4.69, 9.17) is 0 Å². The lowest BCUT2D eigenvalue weighted by Gasteiger charge is -2.38. The summed E-state index contributed by atoms with van der Waals surface area (Å²) in [6, 6.07) is 15.9. The number of likely N-dealkylation sites (tertiary alicyclic amines) is 1. The van der Waals surface area contributed by atoms with E-state index in [1.54, 1.807) is 11.1 Å².